The summed E-state index contributed by atoms with van der Waals surface area (Å²) in [6.45, 7) is 9.18. The van der Waals surface area contributed by atoms with Crippen molar-refractivity contribution in [2.24, 2.45) is 11.8 Å². The van der Waals surface area contributed by atoms with Crippen LogP contribution in [0.5, 0.6) is 0 Å². The third kappa shape index (κ3) is 4.41. The molecular weight excluding hydrogens is 134 g/mol. The smallest absolute Gasteiger partial charge is 0.00640 e. The predicted molar refractivity (Wildman–Crippen MR) is 51.8 cm³/mol. The summed E-state index contributed by atoms with van der Waals surface area (Å²) in [6.07, 6.45) is 2.55. The van der Waals surface area contributed by atoms with Crippen LogP contribution in [-0.4, -0.2) is 13.1 Å². The van der Waals surface area contributed by atoms with Crippen molar-refractivity contribution in [3.63, 3.8) is 0 Å². The first-order chi connectivity index (χ1) is 5.11. The summed E-state index contributed by atoms with van der Waals surface area (Å²) in [5, 5.41) is 3.34. The fourth-order valence-electron chi connectivity index (χ4n) is 1.21. The van der Waals surface area contributed by atoms with Crippen molar-refractivity contribution < 1.29 is 0 Å². The second-order valence-corrected chi connectivity index (χ2v) is 3.85. The molecule has 1 heteroatoms. The van der Waals surface area contributed by atoms with Gasteiger partial charge in [-0.1, -0.05) is 27.7 Å². The predicted octanol–water partition coefficient (Wildman–Crippen LogP) is 2.67. The maximum atomic E-state index is 3.34. The second kappa shape index (κ2) is 5.59. The first kappa shape index (κ1) is 11.0. The highest BCUT2D eigenvalue weighted by molar-refractivity contribution is 4.68. The Morgan fingerprint density at radius 3 is 2.00 bits per heavy atom. The van der Waals surface area contributed by atoms with Gasteiger partial charge < -0.3 is 5.32 Å². The zero-order valence-electron chi connectivity index (χ0n) is 8.65. The van der Waals surface area contributed by atoms with Crippen molar-refractivity contribution in [2.75, 3.05) is 7.05 Å². The molecule has 0 aromatic carbocycles. The number of nitrogens with one attached hydrogen (secondary N) is 1. The van der Waals surface area contributed by atoms with E-state index in [1.807, 2.05) is 0 Å². The minimum absolute atomic E-state index is 0.715. The van der Waals surface area contributed by atoms with Gasteiger partial charge in [-0.05, 0) is 31.7 Å². The molecular formula is C10H23N. The summed E-state index contributed by atoms with van der Waals surface area (Å²) in [4.78, 5) is 0. The lowest BCUT2D eigenvalue weighted by Gasteiger charge is -2.21. The molecule has 0 heterocycles. The van der Waals surface area contributed by atoms with Crippen LogP contribution in [0, 0.1) is 11.8 Å². The summed E-state index contributed by atoms with van der Waals surface area (Å²) >= 11 is 0. The molecule has 0 saturated heterocycles. The maximum Gasteiger partial charge on any atom is 0.00640 e. The van der Waals surface area contributed by atoms with Gasteiger partial charge >= 0.3 is 0 Å². The summed E-state index contributed by atoms with van der Waals surface area (Å²) in [5.74, 6) is 1.66. The first-order valence-corrected chi connectivity index (χ1v) is 4.79. The van der Waals surface area contributed by atoms with Crippen molar-refractivity contribution in [3.05, 3.63) is 0 Å². The van der Waals surface area contributed by atoms with Gasteiger partial charge in [-0.2, -0.15) is 0 Å². The molecule has 0 aliphatic carbocycles. The van der Waals surface area contributed by atoms with Crippen LogP contribution in [0.3, 0.4) is 0 Å². The number of hydrogen-bond acceptors (Lipinski definition) is 1. The van der Waals surface area contributed by atoms with Crippen molar-refractivity contribution in [1.82, 2.24) is 5.32 Å². The van der Waals surface area contributed by atoms with E-state index in [1.54, 1.807) is 0 Å². The normalized spacial score (nSPS) is 16.9. The zero-order valence-corrected chi connectivity index (χ0v) is 8.65. The van der Waals surface area contributed by atoms with E-state index in [4.69, 9.17) is 0 Å². The molecule has 0 spiro atoms. The van der Waals surface area contributed by atoms with Gasteiger partial charge in [-0.3, -0.25) is 0 Å². The van der Waals surface area contributed by atoms with Crippen LogP contribution in [-0.2, 0) is 0 Å². The van der Waals surface area contributed by atoms with Gasteiger partial charge in [0.1, 0.15) is 0 Å². The van der Waals surface area contributed by atoms with Crippen LogP contribution >= 0.6 is 0 Å². The molecule has 0 radical (unpaired) electrons. The Morgan fingerprint density at radius 2 is 1.73 bits per heavy atom. The molecule has 0 amide bonds. The molecule has 2 atom stereocenters. The van der Waals surface area contributed by atoms with Gasteiger partial charge in [0.15, 0.2) is 0 Å². The van der Waals surface area contributed by atoms with E-state index < -0.39 is 0 Å². The molecule has 68 valence electrons. The Labute approximate surface area is 71.6 Å². The fraction of sp³-hybridized carbons (Fsp3) is 1.00. The Kier molecular flexibility index (Phi) is 5.57. The largest absolute Gasteiger partial charge is 0.317 e. The molecule has 0 aromatic heterocycles. The molecule has 0 bridgehead atoms. The van der Waals surface area contributed by atoms with Crippen LogP contribution in [0.15, 0.2) is 0 Å². The van der Waals surface area contributed by atoms with Gasteiger partial charge in [0.05, 0.1) is 0 Å². The Balaban J connectivity index is 3.62. The summed E-state index contributed by atoms with van der Waals surface area (Å²) in [6, 6.07) is 0.715. The van der Waals surface area contributed by atoms with E-state index in [0.29, 0.717) is 6.04 Å². The molecule has 0 saturated carbocycles. The van der Waals surface area contributed by atoms with E-state index in [0.717, 1.165) is 11.8 Å². The van der Waals surface area contributed by atoms with Gasteiger partial charge in [-0.15, -0.1) is 0 Å². The maximum absolute atomic E-state index is 3.34. The van der Waals surface area contributed by atoms with Crippen LogP contribution in [0.25, 0.3) is 0 Å². The fourth-order valence-corrected chi connectivity index (χ4v) is 1.21. The highest BCUT2D eigenvalue weighted by Crippen LogP contribution is 2.16. The van der Waals surface area contributed by atoms with Gasteiger partial charge in [-0.25, -0.2) is 0 Å². The van der Waals surface area contributed by atoms with Crippen molar-refractivity contribution in [2.45, 2.75) is 46.6 Å². The minimum Gasteiger partial charge on any atom is -0.317 e. The van der Waals surface area contributed by atoms with Crippen LogP contribution in [0.1, 0.15) is 40.5 Å². The van der Waals surface area contributed by atoms with E-state index in [1.165, 1.54) is 12.8 Å². The SMILES string of the molecule is CCC(CC(C)C(C)C)NC. The average molecular weight is 157 g/mol. The van der Waals surface area contributed by atoms with E-state index in [2.05, 4.69) is 40.1 Å². The summed E-state index contributed by atoms with van der Waals surface area (Å²) in [5.41, 5.74) is 0. The molecule has 1 N–H and O–H groups in total. The standard InChI is InChI=1S/C10H23N/c1-6-10(11-5)7-9(4)8(2)3/h8-11H,6-7H2,1-5H3. The van der Waals surface area contributed by atoms with Gasteiger partial charge in [0.25, 0.3) is 0 Å². The zero-order chi connectivity index (χ0) is 8.85. The van der Waals surface area contributed by atoms with Crippen molar-refractivity contribution in [1.29, 1.82) is 0 Å². The molecule has 1 nitrogen and oxygen atoms in total. The van der Waals surface area contributed by atoms with Gasteiger partial charge in [0, 0.05) is 6.04 Å². The molecule has 11 heavy (non-hydrogen) atoms. The monoisotopic (exact) mass is 157 g/mol. The van der Waals surface area contributed by atoms with E-state index in [-0.39, 0.29) is 0 Å². The number of hydrogen-bond donors (Lipinski definition) is 1. The topological polar surface area (TPSA) is 12.0 Å². The first-order valence-electron chi connectivity index (χ1n) is 4.79. The Morgan fingerprint density at radius 1 is 1.18 bits per heavy atom. The lowest BCUT2D eigenvalue weighted by molar-refractivity contribution is 0.335. The number of rotatable bonds is 5. The lowest BCUT2D eigenvalue weighted by atomic mass is 9.90. The second-order valence-electron chi connectivity index (χ2n) is 3.85. The van der Waals surface area contributed by atoms with E-state index in [9.17, 15) is 0 Å². The Hall–Kier alpha value is -0.0400. The van der Waals surface area contributed by atoms with Crippen molar-refractivity contribution >= 4 is 0 Å². The van der Waals surface area contributed by atoms with Crippen LogP contribution < -0.4 is 5.32 Å². The van der Waals surface area contributed by atoms with Crippen LogP contribution in [0.2, 0.25) is 0 Å². The Bertz CT molecular complexity index is 84.9. The van der Waals surface area contributed by atoms with E-state index >= 15 is 0 Å². The van der Waals surface area contributed by atoms with Crippen LogP contribution in [0.4, 0.5) is 0 Å². The average Bonchev–Trinajstić information content (AvgIpc) is 1.99. The molecule has 0 aliphatic heterocycles. The summed E-state index contributed by atoms with van der Waals surface area (Å²) in [7, 11) is 2.06. The third-order valence-electron chi connectivity index (χ3n) is 2.70. The molecule has 0 fully saturated rings. The summed E-state index contributed by atoms with van der Waals surface area (Å²) < 4.78 is 0. The third-order valence-corrected chi connectivity index (χ3v) is 2.70. The molecule has 0 aromatic rings. The molecule has 0 rings (SSSR count). The quantitative estimate of drug-likeness (QED) is 0.647. The van der Waals surface area contributed by atoms with Gasteiger partial charge in [0.2, 0.25) is 0 Å². The molecule has 0 aliphatic rings. The lowest BCUT2D eigenvalue weighted by Crippen LogP contribution is -2.27. The molecule has 2 unspecified atom stereocenters. The highest BCUT2D eigenvalue weighted by atomic mass is 14.9. The highest BCUT2D eigenvalue weighted by Gasteiger charge is 2.11. The minimum atomic E-state index is 0.715. The van der Waals surface area contributed by atoms with Crippen molar-refractivity contribution in [3.8, 4) is 0 Å².